The third kappa shape index (κ3) is 5.58. The highest BCUT2D eigenvalue weighted by Gasteiger charge is 2.22. The van der Waals surface area contributed by atoms with E-state index in [9.17, 15) is 0 Å². The second kappa shape index (κ2) is 9.75. The summed E-state index contributed by atoms with van der Waals surface area (Å²) < 4.78 is 7.74. The Bertz CT molecular complexity index is 728. The molecule has 1 saturated carbocycles. The predicted molar refractivity (Wildman–Crippen MR) is 113 cm³/mol. The molecule has 1 aliphatic carbocycles. The highest BCUT2D eigenvalue weighted by molar-refractivity contribution is 14.0. The fourth-order valence-corrected chi connectivity index (χ4v) is 2.59. The summed E-state index contributed by atoms with van der Waals surface area (Å²) >= 11 is 0. The molecule has 0 saturated heterocycles. The zero-order valence-electron chi connectivity index (χ0n) is 15.6. The smallest absolute Gasteiger partial charge is 0.194 e. The second-order valence-electron chi connectivity index (χ2n) is 6.42. The average Bonchev–Trinajstić information content (AvgIpc) is 3.37. The Kier molecular flexibility index (Phi) is 7.67. The lowest BCUT2D eigenvalue weighted by Crippen LogP contribution is -2.38. The lowest BCUT2D eigenvalue weighted by atomic mass is 10.2. The summed E-state index contributed by atoms with van der Waals surface area (Å²) in [5, 5.41) is 7.50. The third-order valence-corrected chi connectivity index (χ3v) is 4.34. The number of rotatable bonds is 7. The summed E-state index contributed by atoms with van der Waals surface area (Å²) in [4.78, 5) is 10.6. The first-order valence-electron chi connectivity index (χ1n) is 8.62. The molecule has 1 heterocycles. The van der Waals surface area contributed by atoms with Crippen molar-refractivity contribution >= 4 is 29.9 Å². The van der Waals surface area contributed by atoms with Gasteiger partial charge >= 0.3 is 0 Å². The van der Waals surface area contributed by atoms with Crippen LogP contribution in [-0.2, 0) is 20.1 Å². The molecule has 1 aromatic heterocycles. The molecule has 0 spiro atoms. The van der Waals surface area contributed by atoms with Gasteiger partial charge in [0.2, 0.25) is 0 Å². The van der Waals surface area contributed by atoms with E-state index < -0.39 is 0 Å². The quantitative estimate of drug-likeness (QED) is 0.383. The molecule has 2 aromatic rings. The molecule has 0 radical (unpaired) electrons. The van der Waals surface area contributed by atoms with Gasteiger partial charge in [-0.25, -0.2) is 4.98 Å². The van der Waals surface area contributed by atoms with Gasteiger partial charge in [-0.1, -0.05) is 18.2 Å². The van der Waals surface area contributed by atoms with Crippen molar-refractivity contribution in [2.24, 2.45) is 18.0 Å². The van der Waals surface area contributed by atoms with Crippen LogP contribution < -0.4 is 10.1 Å². The topological polar surface area (TPSA) is 67.6 Å². The maximum Gasteiger partial charge on any atom is 0.194 e. The van der Waals surface area contributed by atoms with Crippen molar-refractivity contribution in [1.82, 2.24) is 25.0 Å². The molecule has 26 heavy (non-hydrogen) atoms. The van der Waals surface area contributed by atoms with Crippen molar-refractivity contribution in [3.05, 3.63) is 42.0 Å². The maximum absolute atomic E-state index is 5.97. The summed E-state index contributed by atoms with van der Waals surface area (Å²) in [5.74, 6) is 3.39. The van der Waals surface area contributed by atoms with Gasteiger partial charge in [-0.05, 0) is 24.8 Å². The Morgan fingerprint density at radius 2 is 2.15 bits per heavy atom. The van der Waals surface area contributed by atoms with E-state index in [1.807, 2.05) is 37.2 Å². The van der Waals surface area contributed by atoms with Gasteiger partial charge in [0, 0.05) is 33.3 Å². The van der Waals surface area contributed by atoms with Gasteiger partial charge in [0.1, 0.15) is 17.9 Å². The Morgan fingerprint density at radius 1 is 1.38 bits per heavy atom. The van der Waals surface area contributed by atoms with Crippen LogP contribution >= 0.6 is 24.0 Å². The minimum Gasteiger partial charge on any atom is -0.493 e. The second-order valence-corrected chi connectivity index (χ2v) is 6.42. The fraction of sp³-hybridized carbons (Fsp3) is 0.500. The number of para-hydroxylation sites is 1. The van der Waals surface area contributed by atoms with Crippen LogP contribution in [0.4, 0.5) is 0 Å². The van der Waals surface area contributed by atoms with Crippen LogP contribution in [0.15, 0.2) is 35.6 Å². The number of ether oxygens (including phenoxy) is 1. The number of aryl methyl sites for hydroxylation is 1. The number of nitrogens with one attached hydrogen (secondary N) is 1. The first kappa shape index (κ1) is 20.5. The van der Waals surface area contributed by atoms with Crippen LogP contribution in [0.3, 0.4) is 0 Å². The first-order chi connectivity index (χ1) is 12.2. The van der Waals surface area contributed by atoms with Gasteiger partial charge in [-0.15, -0.1) is 24.0 Å². The molecule has 8 heteroatoms. The van der Waals surface area contributed by atoms with E-state index in [1.165, 1.54) is 12.8 Å². The van der Waals surface area contributed by atoms with Gasteiger partial charge in [-0.3, -0.25) is 9.67 Å². The Hall–Kier alpha value is -1.84. The summed E-state index contributed by atoms with van der Waals surface area (Å²) in [6, 6.07) is 8.17. The lowest BCUT2D eigenvalue weighted by molar-refractivity contribution is 0.296. The zero-order chi connectivity index (χ0) is 17.6. The van der Waals surface area contributed by atoms with Gasteiger partial charge in [0.15, 0.2) is 5.96 Å². The van der Waals surface area contributed by atoms with Crippen LogP contribution in [0.5, 0.6) is 5.75 Å². The normalized spacial score (nSPS) is 13.9. The number of guanidine groups is 1. The van der Waals surface area contributed by atoms with Crippen LogP contribution in [-0.4, -0.2) is 46.3 Å². The molecule has 0 bridgehead atoms. The SMILES string of the molecule is CN=C(NCc1ccccc1OCC1CC1)N(C)Cc1ncnn1C.I. The van der Waals surface area contributed by atoms with Crippen molar-refractivity contribution in [2.45, 2.75) is 25.9 Å². The first-order valence-corrected chi connectivity index (χ1v) is 8.62. The number of benzene rings is 1. The summed E-state index contributed by atoms with van der Waals surface area (Å²) in [6.45, 7) is 2.12. The van der Waals surface area contributed by atoms with E-state index in [0.717, 1.165) is 35.6 Å². The molecular weight excluding hydrogens is 443 g/mol. The number of hydrogen-bond donors (Lipinski definition) is 1. The number of aromatic nitrogens is 3. The minimum atomic E-state index is 0. The fourth-order valence-electron chi connectivity index (χ4n) is 2.59. The van der Waals surface area contributed by atoms with E-state index in [2.05, 4.69) is 26.5 Å². The van der Waals surface area contributed by atoms with Gasteiger partial charge < -0.3 is 15.0 Å². The summed E-state index contributed by atoms with van der Waals surface area (Å²) in [5.41, 5.74) is 1.14. The molecule has 142 valence electrons. The molecule has 0 atom stereocenters. The van der Waals surface area contributed by atoms with Gasteiger partial charge in [0.05, 0.1) is 13.2 Å². The van der Waals surface area contributed by atoms with E-state index in [0.29, 0.717) is 13.1 Å². The van der Waals surface area contributed by atoms with Crippen molar-refractivity contribution < 1.29 is 4.74 Å². The number of hydrogen-bond acceptors (Lipinski definition) is 4. The predicted octanol–water partition coefficient (Wildman–Crippen LogP) is 2.43. The molecule has 0 aliphatic heterocycles. The zero-order valence-corrected chi connectivity index (χ0v) is 17.9. The Morgan fingerprint density at radius 3 is 2.81 bits per heavy atom. The van der Waals surface area contributed by atoms with E-state index in [4.69, 9.17) is 4.74 Å². The average molecular weight is 470 g/mol. The van der Waals surface area contributed by atoms with Crippen molar-refractivity contribution in [3.8, 4) is 5.75 Å². The molecular formula is C18H27IN6O. The van der Waals surface area contributed by atoms with E-state index in [-0.39, 0.29) is 24.0 Å². The molecule has 7 nitrogen and oxygen atoms in total. The highest BCUT2D eigenvalue weighted by atomic mass is 127. The molecule has 1 aromatic carbocycles. The highest BCUT2D eigenvalue weighted by Crippen LogP contribution is 2.30. The molecule has 1 N–H and O–H groups in total. The van der Waals surface area contributed by atoms with Crippen molar-refractivity contribution in [3.63, 3.8) is 0 Å². The van der Waals surface area contributed by atoms with E-state index >= 15 is 0 Å². The number of aliphatic imine (C=N–C) groups is 1. The van der Waals surface area contributed by atoms with E-state index in [1.54, 1.807) is 18.1 Å². The Labute approximate surface area is 171 Å². The van der Waals surface area contributed by atoms with Crippen LogP contribution in [0, 0.1) is 5.92 Å². The summed E-state index contributed by atoms with van der Waals surface area (Å²) in [7, 11) is 5.66. The monoisotopic (exact) mass is 470 g/mol. The maximum atomic E-state index is 5.97. The van der Waals surface area contributed by atoms with Crippen LogP contribution in [0.2, 0.25) is 0 Å². The number of nitrogens with zero attached hydrogens (tertiary/aromatic N) is 5. The molecule has 0 amide bonds. The molecule has 1 fully saturated rings. The van der Waals surface area contributed by atoms with Crippen molar-refractivity contribution in [2.75, 3.05) is 20.7 Å². The Balaban J connectivity index is 0.00000243. The lowest BCUT2D eigenvalue weighted by Gasteiger charge is -2.22. The third-order valence-electron chi connectivity index (χ3n) is 4.34. The minimum absolute atomic E-state index is 0. The molecule has 1 aliphatic rings. The van der Waals surface area contributed by atoms with Crippen LogP contribution in [0.1, 0.15) is 24.2 Å². The largest absolute Gasteiger partial charge is 0.493 e. The van der Waals surface area contributed by atoms with Crippen LogP contribution in [0.25, 0.3) is 0 Å². The standard InChI is InChI=1S/C18H26N6O.HI/c1-19-18(23(2)11-17-21-13-22-24(17)3)20-10-15-6-4-5-7-16(15)25-12-14-8-9-14;/h4-7,13-14H,8-12H2,1-3H3,(H,19,20);1H. The number of halogens is 1. The van der Waals surface area contributed by atoms with Crippen molar-refractivity contribution in [1.29, 1.82) is 0 Å². The van der Waals surface area contributed by atoms with Gasteiger partial charge in [-0.2, -0.15) is 5.10 Å². The van der Waals surface area contributed by atoms with Gasteiger partial charge in [0.25, 0.3) is 0 Å². The molecule has 3 rings (SSSR count). The summed E-state index contributed by atoms with van der Waals surface area (Å²) in [6.07, 6.45) is 4.15. The molecule has 0 unspecified atom stereocenters.